The first-order valence-corrected chi connectivity index (χ1v) is 12.2. The molecular weight excluding hydrogens is 486 g/mol. The Kier molecular flexibility index (Phi) is 12.4. The molecule has 2 aromatic rings. The summed E-state index contributed by atoms with van der Waals surface area (Å²) in [4.78, 5) is 38.5. The number of hydroxylamine groups is 1. The summed E-state index contributed by atoms with van der Waals surface area (Å²) in [6.07, 6.45) is 1.32. The Morgan fingerprint density at radius 3 is 2.11 bits per heavy atom. The van der Waals surface area contributed by atoms with E-state index in [2.05, 4.69) is 32.7 Å². The molecule has 1 fully saturated rings. The fourth-order valence-corrected chi connectivity index (χ4v) is 3.84. The minimum Gasteiger partial charge on any atom is -0.391 e. The zero-order valence-electron chi connectivity index (χ0n) is 20.8. The van der Waals surface area contributed by atoms with Gasteiger partial charge in [0.05, 0.1) is 12.6 Å². The number of nitrogens with one attached hydrogen (secondary N) is 4. The van der Waals surface area contributed by atoms with E-state index >= 15 is 0 Å². The summed E-state index contributed by atoms with van der Waals surface area (Å²) >= 11 is 0. The Hall–Kier alpha value is -3.75. The highest BCUT2D eigenvalue weighted by atomic mass is 16.5. The molecular formula is C28H37N5O5. The van der Waals surface area contributed by atoms with Gasteiger partial charge in [-0.05, 0) is 81.4 Å². The van der Waals surface area contributed by atoms with Gasteiger partial charge in [-0.2, -0.15) is 0 Å². The van der Waals surface area contributed by atoms with Crippen LogP contribution in [0.15, 0.2) is 48.5 Å². The number of rotatable bonds is 10. The molecule has 0 bridgehead atoms. The number of anilines is 1. The smallest absolute Gasteiger partial charge is 0.268 e. The van der Waals surface area contributed by atoms with Gasteiger partial charge in [0.25, 0.3) is 11.8 Å². The number of hydrogen-bond donors (Lipinski definition) is 6. The van der Waals surface area contributed by atoms with Gasteiger partial charge in [0.15, 0.2) is 0 Å². The molecule has 0 unspecified atom stereocenters. The standard InChI is InChI=1S/C27H33N5O5.CH4/c1-19(33)25(27(36)31-37)30-26(35)22-10-6-20(7-11-22)4-5-21-8-12-23(13-9-21)29-24(34)18-28-14-17-32-15-2-3-16-32;/h6-13,19,25,28,33,37H,2-3,14-18H2,1H3,(H,29,34)(H,30,35)(H,31,36);1H4/t19-,25+;/m1./s1. The van der Waals surface area contributed by atoms with Crippen LogP contribution in [0.4, 0.5) is 5.69 Å². The fourth-order valence-electron chi connectivity index (χ4n) is 3.84. The molecule has 0 radical (unpaired) electrons. The maximum Gasteiger partial charge on any atom is 0.268 e. The highest BCUT2D eigenvalue weighted by Gasteiger charge is 2.25. The van der Waals surface area contributed by atoms with Crippen LogP contribution in [0.2, 0.25) is 0 Å². The number of aliphatic hydroxyl groups excluding tert-OH is 1. The van der Waals surface area contributed by atoms with Crippen LogP contribution < -0.4 is 21.4 Å². The zero-order chi connectivity index (χ0) is 26.6. The molecule has 3 amide bonds. The van der Waals surface area contributed by atoms with E-state index in [0.717, 1.165) is 31.7 Å². The lowest BCUT2D eigenvalue weighted by Gasteiger charge is -2.19. The summed E-state index contributed by atoms with van der Waals surface area (Å²) in [6, 6.07) is 12.3. The Labute approximate surface area is 223 Å². The third kappa shape index (κ3) is 9.61. The fraction of sp³-hybridized carbons (Fsp3) is 0.393. The van der Waals surface area contributed by atoms with E-state index in [1.807, 2.05) is 12.1 Å². The Morgan fingerprint density at radius 2 is 1.55 bits per heavy atom. The predicted molar refractivity (Wildman–Crippen MR) is 146 cm³/mol. The van der Waals surface area contributed by atoms with Crippen molar-refractivity contribution in [2.24, 2.45) is 0 Å². The maximum absolute atomic E-state index is 12.4. The van der Waals surface area contributed by atoms with Crippen molar-refractivity contribution in [1.29, 1.82) is 0 Å². The monoisotopic (exact) mass is 523 g/mol. The molecule has 0 aromatic heterocycles. The maximum atomic E-state index is 12.4. The highest BCUT2D eigenvalue weighted by Crippen LogP contribution is 2.10. The molecule has 1 heterocycles. The van der Waals surface area contributed by atoms with Crippen LogP contribution in [0, 0.1) is 11.8 Å². The molecule has 10 nitrogen and oxygen atoms in total. The third-order valence-electron chi connectivity index (χ3n) is 5.92. The second kappa shape index (κ2) is 15.5. The summed E-state index contributed by atoms with van der Waals surface area (Å²) < 4.78 is 0. The van der Waals surface area contributed by atoms with E-state index in [-0.39, 0.29) is 25.4 Å². The summed E-state index contributed by atoms with van der Waals surface area (Å²) in [7, 11) is 0. The average Bonchev–Trinajstić information content (AvgIpc) is 3.42. The number of aliphatic hydroxyl groups is 1. The minimum absolute atomic E-state index is 0. The van der Waals surface area contributed by atoms with Gasteiger partial charge in [0, 0.05) is 35.5 Å². The molecule has 2 atom stereocenters. The molecule has 2 aromatic carbocycles. The summed E-state index contributed by atoms with van der Waals surface area (Å²) in [6.45, 7) is 5.63. The first-order chi connectivity index (χ1) is 17.9. The first kappa shape index (κ1) is 30.5. The first-order valence-electron chi connectivity index (χ1n) is 12.2. The van der Waals surface area contributed by atoms with Crippen LogP contribution in [-0.4, -0.2) is 77.8 Å². The summed E-state index contributed by atoms with van der Waals surface area (Å²) in [5, 5.41) is 26.8. The van der Waals surface area contributed by atoms with E-state index in [1.54, 1.807) is 36.4 Å². The lowest BCUT2D eigenvalue weighted by Crippen LogP contribution is -2.51. The van der Waals surface area contributed by atoms with Gasteiger partial charge in [-0.3, -0.25) is 19.6 Å². The van der Waals surface area contributed by atoms with Crippen LogP contribution in [0.25, 0.3) is 0 Å². The topological polar surface area (TPSA) is 143 Å². The van der Waals surface area contributed by atoms with Gasteiger partial charge in [0.2, 0.25) is 5.91 Å². The van der Waals surface area contributed by atoms with Crippen molar-refractivity contribution < 1.29 is 24.7 Å². The summed E-state index contributed by atoms with van der Waals surface area (Å²) in [5.74, 6) is 4.46. The lowest BCUT2D eigenvalue weighted by molar-refractivity contribution is -0.133. The van der Waals surface area contributed by atoms with Gasteiger partial charge in [-0.25, -0.2) is 5.48 Å². The van der Waals surface area contributed by atoms with E-state index in [0.29, 0.717) is 11.3 Å². The molecule has 6 N–H and O–H groups in total. The molecule has 1 saturated heterocycles. The predicted octanol–water partition coefficient (Wildman–Crippen LogP) is 1.33. The number of benzene rings is 2. The molecule has 0 spiro atoms. The van der Waals surface area contributed by atoms with Gasteiger partial charge in [-0.1, -0.05) is 19.3 Å². The van der Waals surface area contributed by atoms with Crippen LogP contribution in [-0.2, 0) is 9.59 Å². The SMILES string of the molecule is C.C[C@@H](O)[C@H](NC(=O)c1ccc(C#Cc2ccc(NC(=O)CNCCN3CCCC3)cc2)cc1)C(=O)NO. The number of carbonyl (C=O) groups is 3. The van der Waals surface area contributed by atoms with Crippen LogP contribution in [0.5, 0.6) is 0 Å². The largest absolute Gasteiger partial charge is 0.391 e. The molecule has 1 aliphatic rings. The highest BCUT2D eigenvalue weighted by molar-refractivity contribution is 5.97. The average molecular weight is 524 g/mol. The number of carbonyl (C=O) groups excluding carboxylic acids is 3. The van der Waals surface area contributed by atoms with Crippen molar-refractivity contribution in [3.63, 3.8) is 0 Å². The normalized spacial score (nSPS) is 14.3. The van der Waals surface area contributed by atoms with E-state index < -0.39 is 24.0 Å². The second-order valence-corrected chi connectivity index (χ2v) is 8.85. The molecule has 3 rings (SSSR count). The van der Waals surface area contributed by atoms with E-state index in [1.165, 1.54) is 25.2 Å². The molecule has 0 saturated carbocycles. The van der Waals surface area contributed by atoms with Gasteiger partial charge >= 0.3 is 0 Å². The van der Waals surface area contributed by atoms with Crippen LogP contribution in [0.1, 0.15) is 48.7 Å². The molecule has 204 valence electrons. The number of nitrogens with zero attached hydrogens (tertiary/aromatic N) is 1. The van der Waals surface area contributed by atoms with Gasteiger partial charge < -0.3 is 26.0 Å². The van der Waals surface area contributed by atoms with Crippen molar-refractivity contribution in [2.75, 3.05) is 38.0 Å². The van der Waals surface area contributed by atoms with Crippen molar-refractivity contribution >= 4 is 23.4 Å². The molecule has 1 aliphatic heterocycles. The number of hydrogen-bond acceptors (Lipinski definition) is 7. The van der Waals surface area contributed by atoms with Crippen LogP contribution in [0.3, 0.4) is 0 Å². The minimum atomic E-state index is -1.29. The van der Waals surface area contributed by atoms with Gasteiger partial charge in [-0.15, -0.1) is 0 Å². The molecule has 0 aliphatic carbocycles. The van der Waals surface area contributed by atoms with Gasteiger partial charge in [0.1, 0.15) is 6.04 Å². The zero-order valence-corrected chi connectivity index (χ0v) is 20.8. The number of amides is 3. The molecule has 38 heavy (non-hydrogen) atoms. The second-order valence-electron chi connectivity index (χ2n) is 8.85. The van der Waals surface area contributed by atoms with Crippen molar-refractivity contribution in [3.8, 4) is 11.8 Å². The molecule has 10 heteroatoms. The van der Waals surface area contributed by atoms with Crippen molar-refractivity contribution in [3.05, 3.63) is 65.2 Å². The quantitative estimate of drug-likeness (QED) is 0.119. The van der Waals surface area contributed by atoms with Crippen molar-refractivity contribution in [1.82, 2.24) is 21.0 Å². The van der Waals surface area contributed by atoms with Crippen LogP contribution >= 0.6 is 0 Å². The Bertz CT molecular complexity index is 1120. The Balaban J connectivity index is 0.00000507. The summed E-state index contributed by atoms with van der Waals surface area (Å²) in [5.41, 5.74) is 3.82. The van der Waals surface area contributed by atoms with Crippen molar-refractivity contribution in [2.45, 2.75) is 39.3 Å². The lowest BCUT2D eigenvalue weighted by atomic mass is 10.1. The van der Waals surface area contributed by atoms with E-state index in [9.17, 15) is 19.5 Å². The third-order valence-corrected chi connectivity index (χ3v) is 5.92. The van der Waals surface area contributed by atoms with E-state index in [4.69, 9.17) is 5.21 Å². The Morgan fingerprint density at radius 1 is 0.974 bits per heavy atom. The number of likely N-dealkylation sites (tertiary alicyclic amines) is 1.